The van der Waals surface area contributed by atoms with Crippen LogP contribution < -0.4 is 10.6 Å². The Morgan fingerprint density at radius 1 is 0.964 bits per heavy atom. The van der Waals surface area contributed by atoms with Crippen LogP contribution in [-0.4, -0.2) is 16.1 Å². The smallest absolute Gasteiger partial charge is 0.257 e. The Balaban J connectivity index is 2.14. The van der Waals surface area contributed by atoms with Crippen LogP contribution in [0.4, 0.5) is 5.69 Å². The quantitative estimate of drug-likeness (QED) is 0.428. The lowest BCUT2D eigenvalue weighted by atomic mass is 9.86. The molecule has 0 atom stereocenters. The maximum Gasteiger partial charge on any atom is 0.257 e. The fourth-order valence-electron chi connectivity index (χ4n) is 2.58. The summed E-state index contributed by atoms with van der Waals surface area (Å²) in [7, 11) is 0. The van der Waals surface area contributed by atoms with Crippen molar-refractivity contribution in [2.45, 2.75) is 52.4 Å². The molecule has 0 unspecified atom stereocenters. The summed E-state index contributed by atoms with van der Waals surface area (Å²) in [5, 5.41) is 16.0. The van der Waals surface area contributed by atoms with Gasteiger partial charge in [-0.25, -0.2) is 0 Å². The van der Waals surface area contributed by atoms with Gasteiger partial charge in [-0.1, -0.05) is 65.3 Å². The number of phenols is 1. The van der Waals surface area contributed by atoms with Gasteiger partial charge in [0.05, 0.1) is 10.7 Å². The Morgan fingerprint density at radius 3 is 2.00 bits per heavy atom. The number of anilines is 1. The molecule has 0 aliphatic carbocycles. The van der Waals surface area contributed by atoms with Crippen molar-refractivity contribution in [2.75, 3.05) is 5.32 Å². The maximum absolute atomic E-state index is 12.5. The molecule has 6 heteroatoms. The maximum atomic E-state index is 12.5. The molecule has 150 valence electrons. The Hall–Kier alpha value is -2.11. The Kier molecular flexibility index (Phi) is 6.41. The molecule has 2 rings (SSSR count). The number of hydrogen-bond donors (Lipinski definition) is 3. The topological polar surface area (TPSA) is 61.4 Å². The fraction of sp³-hybridized carbons (Fsp3) is 0.364. The number of phenolic OH excluding ortho intramolecular Hbond substituents is 1. The Morgan fingerprint density at radius 2 is 1.50 bits per heavy atom. The van der Waals surface area contributed by atoms with Gasteiger partial charge in [0.25, 0.3) is 5.91 Å². The summed E-state index contributed by atoms with van der Waals surface area (Å²) in [6.07, 6.45) is 0. The van der Waals surface area contributed by atoms with Gasteiger partial charge in [0.2, 0.25) is 0 Å². The predicted molar refractivity (Wildman–Crippen MR) is 121 cm³/mol. The summed E-state index contributed by atoms with van der Waals surface area (Å²) in [6.45, 7) is 12.5. The van der Waals surface area contributed by atoms with Crippen molar-refractivity contribution in [3.8, 4) is 5.75 Å². The van der Waals surface area contributed by atoms with Crippen molar-refractivity contribution in [2.24, 2.45) is 0 Å². The first-order chi connectivity index (χ1) is 12.8. The first-order valence-electron chi connectivity index (χ1n) is 9.05. The summed E-state index contributed by atoms with van der Waals surface area (Å²) in [5.74, 6) is -0.434. The summed E-state index contributed by atoms with van der Waals surface area (Å²) in [6, 6.07) is 10.9. The van der Waals surface area contributed by atoms with Crippen LogP contribution in [0.2, 0.25) is 5.02 Å². The van der Waals surface area contributed by atoms with E-state index in [2.05, 4.69) is 31.4 Å². The summed E-state index contributed by atoms with van der Waals surface area (Å²) in [4.78, 5) is 12.5. The van der Waals surface area contributed by atoms with Crippen LogP contribution >= 0.6 is 23.8 Å². The molecule has 3 N–H and O–H groups in total. The van der Waals surface area contributed by atoms with Gasteiger partial charge in [0.15, 0.2) is 10.9 Å². The number of thiocarbonyl (C=S) groups is 1. The normalized spacial score (nSPS) is 11.8. The van der Waals surface area contributed by atoms with Crippen LogP contribution in [0.3, 0.4) is 0 Å². The van der Waals surface area contributed by atoms with E-state index in [1.165, 1.54) is 0 Å². The van der Waals surface area contributed by atoms with Crippen molar-refractivity contribution < 1.29 is 9.90 Å². The Bertz CT molecular complexity index is 894. The summed E-state index contributed by atoms with van der Waals surface area (Å²) < 4.78 is 0. The number of hydrogen-bond acceptors (Lipinski definition) is 3. The van der Waals surface area contributed by atoms with E-state index < -0.39 is 0 Å². The van der Waals surface area contributed by atoms with Crippen LogP contribution in [0.1, 0.15) is 63.0 Å². The molecule has 0 heterocycles. The van der Waals surface area contributed by atoms with Gasteiger partial charge in [-0.05, 0) is 58.4 Å². The van der Waals surface area contributed by atoms with Gasteiger partial charge in [-0.15, -0.1) is 0 Å². The van der Waals surface area contributed by atoms with E-state index in [9.17, 15) is 9.90 Å². The number of aromatic hydroxyl groups is 1. The molecular formula is C22H27ClN2O2S. The lowest BCUT2D eigenvalue weighted by Crippen LogP contribution is -2.34. The predicted octanol–water partition coefficient (Wildman–Crippen LogP) is 5.77. The molecule has 0 radical (unpaired) electrons. The second-order valence-electron chi connectivity index (χ2n) is 8.84. The first kappa shape index (κ1) is 22.2. The number of benzene rings is 2. The van der Waals surface area contributed by atoms with Gasteiger partial charge in [0, 0.05) is 5.56 Å². The molecule has 0 spiro atoms. The number of halogens is 1. The van der Waals surface area contributed by atoms with E-state index in [0.29, 0.717) is 11.3 Å². The molecule has 4 nitrogen and oxygen atoms in total. The SMILES string of the molecule is CC(C)(C)c1ccc(C(=O)NC(=S)Nc2cc(C(C)(C)C)cc(Cl)c2O)cc1. The van der Waals surface area contributed by atoms with Gasteiger partial charge in [0.1, 0.15) is 0 Å². The zero-order valence-corrected chi connectivity index (χ0v) is 18.7. The van der Waals surface area contributed by atoms with Crippen molar-refractivity contribution >= 4 is 40.5 Å². The van der Waals surface area contributed by atoms with Crippen LogP contribution in [0.15, 0.2) is 36.4 Å². The lowest BCUT2D eigenvalue weighted by molar-refractivity contribution is 0.0977. The number of rotatable bonds is 2. The minimum Gasteiger partial charge on any atom is -0.504 e. The molecule has 0 aliphatic rings. The zero-order valence-electron chi connectivity index (χ0n) is 17.1. The third-order valence-corrected chi connectivity index (χ3v) is 4.91. The molecule has 1 amide bonds. The molecule has 28 heavy (non-hydrogen) atoms. The molecule has 0 bridgehead atoms. The van der Waals surface area contributed by atoms with Crippen molar-refractivity contribution in [3.63, 3.8) is 0 Å². The summed E-state index contributed by atoms with van der Waals surface area (Å²) in [5.41, 5.74) is 2.79. The van der Waals surface area contributed by atoms with E-state index in [1.54, 1.807) is 24.3 Å². The molecule has 2 aromatic rings. The molecule has 2 aromatic carbocycles. The first-order valence-corrected chi connectivity index (χ1v) is 9.83. The minimum atomic E-state index is -0.324. The standard InChI is InChI=1S/C22H27ClN2O2S/c1-21(2,3)14-9-7-13(8-10-14)19(27)25-20(28)24-17-12-15(22(4,5)6)11-16(23)18(17)26/h7-12,26H,1-6H3,(H2,24,25,27,28). The van der Waals surface area contributed by atoms with Gasteiger partial charge in [-0.3, -0.25) is 10.1 Å². The molecular weight excluding hydrogens is 392 g/mol. The van der Waals surface area contributed by atoms with Crippen molar-refractivity contribution in [1.82, 2.24) is 5.32 Å². The van der Waals surface area contributed by atoms with E-state index in [4.69, 9.17) is 23.8 Å². The van der Waals surface area contributed by atoms with Crippen LogP contribution in [-0.2, 0) is 10.8 Å². The molecule has 0 saturated carbocycles. The van der Waals surface area contributed by atoms with Crippen LogP contribution in [0, 0.1) is 0 Å². The largest absolute Gasteiger partial charge is 0.504 e. The summed E-state index contributed by atoms with van der Waals surface area (Å²) >= 11 is 11.4. The fourth-order valence-corrected chi connectivity index (χ4v) is 3.00. The van der Waals surface area contributed by atoms with Crippen molar-refractivity contribution in [1.29, 1.82) is 0 Å². The van der Waals surface area contributed by atoms with Gasteiger partial charge in [-0.2, -0.15) is 0 Å². The monoisotopic (exact) mass is 418 g/mol. The third kappa shape index (κ3) is 5.46. The highest BCUT2D eigenvalue weighted by Crippen LogP contribution is 2.37. The van der Waals surface area contributed by atoms with E-state index in [-0.39, 0.29) is 32.6 Å². The van der Waals surface area contributed by atoms with E-state index >= 15 is 0 Å². The molecule has 0 fully saturated rings. The molecule has 0 aromatic heterocycles. The van der Waals surface area contributed by atoms with Gasteiger partial charge < -0.3 is 10.4 Å². The van der Waals surface area contributed by atoms with Crippen LogP contribution in [0.25, 0.3) is 0 Å². The minimum absolute atomic E-state index is 0.0146. The highest BCUT2D eigenvalue weighted by Gasteiger charge is 2.19. The number of carbonyl (C=O) groups excluding carboxylic acids is 1. The molecule has 0 aliphatic heterocycles. The van der Waals surface area contributed by atoms with Crippen LogP contribution in [0.5, 0.6) is 5.75 Å². The van der Waals surface area contributed by atoms with Crippen molar-refractivity contribution in [3.05, 3.63) is 58.1 Å². The van der Waals surface area contributed by atoms with Gasteiger partial charge >= 0.3 is 0 Å². The second kappa shape index (κ2) is 8.10. The van der Waals surface area contributed by atoms with E-state index in [0.717, 1.165) is 11.1 Å². The number of nitrogens with one attached hydrogen (secondary N) is 2. The van der Waals surface area contributed by atoms with E-state index in [1.807, 2.05) is 32.9 Å². The molecule has 0 saturated heterocycles. The lowest BCUT2D eigenvalue weighted by Gasteiger charge is -2.22. The third-order valence-electron chi connectivity index (χ3n) is 4.42. The highest BCUT2D eigenvalue weighted by atomic mass is 35.5. The number of amides is 1. The number of carbonyl (C=O) groups is 1. The average Bonchev–Trinajstić information content (AvgIpc) is 2.57. The zero-order chi connectivity index (χ0) is 21.3. The Labute approximate surface area is 177 Å². The highest BCUT2D eigenvalue weighted by molar-refractivity contribution is 7.80. The second-order valence-corrected chi connectivity index (χ2v) is 9.66. The average molecular weight is 419 g/mol.